The summed E-state index contributed by atoms with van der Waals surface area (Å²) >= 11 is 1.47. The smallest absolute Gasteiger partial charge is 0.257 e. The average molecular weight is 243 g/mol. The Morgan fingerprint density at radius 2 is 2.35 bits per heavy atom. The molecule has 1 amide bonds. The Balaban J connectivity index is 2.21. The van der Waals surface area contributed by atoms with E-state index in [4.69, 9.17) is 5.26 Å². The van der Waals surface area contributed by atoms with Gasteiger partial charge in [0.1, 0.15) is 6.07 Å². The summed E-state index contributed by atoms with van der Waals surface area (Å²) in [5, 5.41) is 14.2. The normalized spacial score (nSPS) is 9.65. The molecule has 0 atom stereocenters. The molecule has 2 aromatic heterocycles. The van der Waals surface area contributed by atoms with Crippen LogP contribution in [0.4, 0.5) is 5.00 Å². The molecule has 2 aromatic rings. The summed E-state index contributed by atoms with van der Waals surface area (Å²) < 4.78 is 0. The van der Waals surface area contributed by atoms with Crippen molar-refractivity contribution in [3.63, 3.8) is 0 Å². The first kappa shape index (κ1) is 11.3. The number of carbonyl (C=O) groups is 1. The van der Waals surface area contributed by atoms with E-state index < -0.39 is 0 Å². The van der Waals surface area contributed by atoms with Crippen molar-refractivity contribution in [2.75, 3.05) is 5.32 Å². The van der Waals surface area contributed by atoms with Gasteiger partial charge in [-0.1, -0.05) is 0 Å². The van der Waals surface area contributed by atoms with Gasteiger partial charge in [0.2, 0.25) is 0 Å². The third kappa shape index (κ3) is 2.49. The van der Waals surface area contributed by atoms with Crippen LogP contribution in [0.3, 0.4) is 0 Å². The molecule has 0 aliphatic rings. The van der Waals surface area contributed by atoms with E-state index in [1.54, 1.807) is 0 Å². The van der Waals surface area contributed by atoms with Gasteiger partial charge in [-0.15, -0.1) is 11.3 Å². The third-order valence-electron chi connectivity index (χ3n) is 2.22. The van der Waals surface area contributed by atoms with Gasteiger partial charge >= 0.3 is 0 Å². The van der Waals surface area contributed by atoms with Gasteiger partial charge in [-0.2, -0.15) is 5.26 Å². The maximum atomic E-state index is 11.9. The fourth-order valence-electron chi connectivity index (χ4n) is 1.30. The molecule has 4 nitrogen and oxygen atoms in total. The number of amides is 1. The van der Waals surface area contributed by atoms with Gasteiger partial charge in [-0.05, 0) is 30.0 Å². The summed E-state index contributed by atoms with van der Waals surface area (Å²) in [4.78, 5) is 15.7. The fraction of sp³-hybridized carbons (Fsp3) is 0.0833. The van der Waals surface area contributed by atoms with Crippen LogP contribution in [0.1, 0.15) is 21.5 Å². The van der Waals surface area contributed by atoms with Crippen molar-refractivity contribution in [3.05, 3.63) is 46.6 Å². The van der Waals surface area contributed by atoms with Gasteiger partial charge in [0, 0.05) is 12.4 Å². The van der Waals surface area contributed by atoms with Crippen molar-refractivity contribution < 1.29 is 4.79 Å². The van der Waals surface area contributed by atoms with Crippen LogP contribution in [-0.2, 0) is 0 Å². The van der Waals surface area contributed by atoms with Gasteiger partial charge in [0.15, 0.2) is 0 Å². The van der Waals surface area contributed by atoms with Crippen molar-refractivity contribution in [1.29, 1.82) is 5.26 Å². The number of aryl methyl sites for hydroxylation is 1. The zero-order chi connectivity index (χ0) is 12.3. The molecule has 17 heavy (non-hydrogen) atoms. The van der Waals surface area contributed by atoms with Crippen LogP contribution in [0.2, 0.25) is 0 Å². The molecule has 2 rings (SSSR count). The SMILES string of the molecule is Cc1ccsc1NC(=O)c1cncc(C#N)c1. The predicted molar refractivity (Wildman–Crippen MR) is 66.0 cm³/mol. The van der Waals surface area contributed by atoms with Gasteiger partial charge in [0.05, 0.1) is 16.1 Å². The van der Waals surface area contributed by atoms with E-state index in [0.717, 1.165) is 10.6 Å². The molecule has 0 unspecified atom stereocenters. The molecule has 0 saturated carbocycles. The number of nitriles is 1. The molecule has 2 heterocycles. The van der Waals surface area contributed by atoms with E-state index in [2.05, 4.69) is 10.3 Å². The molecule has 0 aromatic carbocycles. The Bertz CT molecular complexity index is 598. The van der Waals surface area contributed by atoms with E-state index in [1.165, 1.54) is 29.8 Å². The van der Waals surface area contributed by atoms with Crippen LogP contribution < -0.4 is 5.32 Å². The quantitative estimate of drug-likeness (QED) is 0.881. The van der Waals surface area contributed by atoms with E-state index in [1.807, 2.05) is 24.4 Å². The first-order valence-corrected chi connectivity index (χ1v) is 5.79. The van der Waals surface area contributed by atoms with Crippen molar-refractivity contribution in [3.8, 4) is 6.07 Å². The Morgan fingerprint density at radius 1 is 1.53 bits per heavy atom. The summed E-state index contributed by atoms with van der Waals surface area (Å²) in [6.07, 6.45) is 2.87. The van der Waals surface area contributed by atoms with E-state index in [-0.39, 0.29) is 5.91 Å². The second kappa shape index (κ2) is 4.76. The number of nitrogens with one attached hydrogen (secondary N) is 1. The molecule has 1 N–H and O–H groups in total. The molecule has 0 aliphatic carbocycles. The van der Waals surface area contributed by atoms with Crippen LogP contribution in [0.25, 0.3) is 0 Å². The maximum absolute atomic E-state index is 11.9. The standard InChI is InChI=1S/C12H9N3OS/c1-8-2-3-17-12(8)15-11(16)10-4-9(5-13)6-14-7-10/h2-4,6-7H,1H3,(H,15,16). The molecule has 84 valence electrons. The number of pyridine rings is 1. The minimum absolute atomic E-state index is 0.250. The largest absolute Gasteiger partial charge is 0.313 e. The zero-order valence-electron chi connectivity index (χ0n) is 9.10. The lowest BCUT2D eigenvalue weighted by Gasteiger charge is -2.03. The monoisotopic (exact) mass is 243 g/mol. The van der Waals surface area contributed by atoms with Crippen LogP contribution in [0.5, 0.6) is 0 Å². The number of thiophene rings is 1. The summed E-state index contributed by atoms with van der Waals surface area (Å²) in [5.74, 6) is -0.250. The van der Waals surface area contributed by atoms with E-state index >= 15 is 0 Å². The van der Waals surface area contributed by atoms with E-state index in [9.17, 15) is 4.79 Å². The highest BCUT2D eigenvalue weighted by Crippen LogP contribution is 2.22. The fourth-order valence-corrected chi connectivity index (χ4v) is 2.12. The first-order chi connectivity index (χ1) is 8.20. The molecule has 0 saturated heterocycles. The van der Waals surface area contributed by atoms with Crippen molar-refractivity contribution >= 4 is 22.2 Å². The van der Waals surface area contributed by atoms with Gasteiger partial charge in [-0.25, -0.2) is 0 Å². The Hall–Kier alpha value is -2.19. The molecule has 0 fully saturated rings. The molecule has 0 radical (unpaired) electrons. The highest BCUT2D eigenvalue weighted by Gasteiger charge is 2.09. The lowest BCUT2D eigenvalue weighted by molar-refractivity contribution is 0.102. The second-order valence-corrected chi connectivity index (χ2v) is 4.38. The van der Waals surface area contributed by atoms with Crippen molar-refractivity contribution in [2.24, 2.45) is 0 Å². The molecule has 0 spiro atoms. The predicted octanol–water partition coefficient (Wildman–Crippen LogP) is 2.58. The summed E-state index contributed by atoms with van der Waals surface area (Å²) in [6, 6.07) is 5.41. The third-order valence-corrected chi connectivity index (χ3v) is 3.15. The Kier molecular flexibility index (Phi) is 3.17. The highest BCUT2D eigenvalue weighted by molar-refractivity contribution is 7.14. The Morgan fingerprint density at radius 3 is 3.00 bits per heavy atom. The maximum Gasteiger partial charge on any atom is 0.257 e. The lowest BCUT2D eigenvalue weighted by Crippen LogP contribution is -2.12. The summed E-state index contributed by atoms with van der Waals surface area (Å²) in [6.45, 7) is 1.93. The number of rotatable bonds is 2. The molecular formula is C12H9N3OS. The van der Waals surface area contributed by atoms with Crippen LogP contribution in [0.15, 0.2) is 29.9 Å². The van der Waals surface area contributed by atoms with Gasteiger partial charge in [-0.3, -0.25) is 9.78 Å². The molecule has 0 bridgehead atoms. The van der Waals surface area contributed by atoms with E-state index in [0.29, 0.717) is 11.1 Å². The number of nitrogens with zero attached hydrogens (tertiary/aromatic N) is 2. The number of carbonyl (C=O) groups excluding carboxylic acids is 1. The molecular weight excluding hydrogens is 234 g/mol. The zero-order valence-corrected chi connectivity index (χ0v) is 9.91. The average Bonchev–Trinajstić information content (AvgIpc) is 2.75. The summed E-state index contributed by atoms with van der Waals surface area (Å²) in [7, 11) is 0. The number of aromatic nitrogens is 1. The van der Waals surface area contributed by atoms with Crippen molar-refractivity contribution in [1.82, 2.24) is 4.98 Å². The minimum atomic E-state index is -0.250. The number of hydrogen-bond donors (Lipinski definition) is 1. The lowest BCUT2D eigenvalue weighted by atomic mass is 10.2. The Labute approximate surface area is 103 Å². The molecule has 0 aliphatic heterocycles. The minimum Gasteiger partial charge on any atom is -0.313 e. The molecule has 5 heteroatoms. The topological polar surface area (TPSA) is 65.8 Å². The number of hydrogen-bond acceptors (Lipinski definition) is 4. The number of anilines is 1. The van der Waals surface area contributed by atoms with Crippen molar-refractivity contribution in [2.45, 2.75) is 6.92 Å². The van der Waals surface area contributed by atoms with Crippen LogP contribution >= 0.6 is 11.3 Å². The van der Waals surface area contributed by atoms with Gasteiger partial charge < -0.3 is 5.32 Å². The second-order valence-electron chi connectivity index (χ2n) is 3.46. The first-order valence-electron chi connectivity index (χ1n) is 4.91. The van der Waals surface area contributed by atoms with Gasteiger partial charge in [0.25, 0.3) is 5.91 Å². The highest BCUT2D eigenvalue weighted by atomic mass is 32.1. The van der Waals surface area contributed by atoms with Crippen LogP contribution in [-0.4, -0.2) is 10.9 Å². The van der Waals surface area contributed by atoms with Crippen LogP contribution in [0, 0.1) is 18.3 Å². The summed E-state index contributed by atoms with van der Waals surface area (Å²) in [5.41, 5.74) is 1.78.